The first kappa shape index (κ1) is 35.0. The Balaban J connectivity index is 1.16. The van der Waals surface area contributed by atoms with Crippen molar-refractivity contribution in [1.82, 2.24) is 0 Å². The summed E-state index contributed by atoms with van der Waals surface area (Å²) in [7, 11) is 0. The highest BCUT2D eigenvalue weighted by Gasteiger charge is 2.48. The van der Waals surface area contributed by atoms with Crippen LogP contribution in [0.4, 0.5) is 17.1 Å². The third kappa shape index (κ3) is 5.18. The maximum atomic E-state index is 2.47. The van der Waals surface area contributed by atoms with Gasteiger partial charge in [0.25, 0.3) is 0 Å². The Labute approximate surface area is 347 Å². The molecule has 1 heteroatoms. The van der Waals surface area contributed by atoms with Gasteiger partial charge in [-0.25, -0.2) is 0 Å². The van der Waals surface area contributed by atoms with Gasteiger partial charge < -0.3 is 4.90 Å². The van der Waals surface area contributed by atoms with E-state index in [-0.39, 0.29) is 0 Å². The van der Waals surface area contributed by atoms with E-state index in [0.717, 1.165) is 17.1 Å². The van der Waals surface area contributed by atoms with Crippen LogP contribution in [0, 0.1) is 13.8 Å². The third-order valence-electron chi connectivity index (χ3n) is 13.0. The van der Waals surface area contributed by atoms with Gasteiger partial charge in [-0.3, -0.25) is 0 Å². The summed E-state index contributed by atoms with van der Waals surface area (Å²) in [4.78, 5) is 2.45. The fourth-order valence-corrected chi connectivity index (χ4v) is 10.4. The number of hydrogen-bond acceptors (Lipinski definition) is 1. The van der Waals surface area contributed by atoms with Gasteiger partial charge in [-0.1, -0.05) is 199 Å². The molecule has 1 nitrogen and oxygen atoms in total. The van der Waals surface area contributed by atoms with E-state index in [1.807, 2.05) is 0 Å². The lowest BCUT2D eigenvalue weighted by Crippen LogP contribution is -2.29. The van der Waals surface area contributed by atoms with E-state index in [4.69, 9.17) is 0 Å². The van der Waals surface area contributed by atoms with Crippen molar-refractivity contribution >= 4 is 17.1 Å². The molecule has 0 N–H and O–H groups in total. The van der Waals surface area contributed by atoms with Crippen LogP contribution < -0.4 is 4.90 Å². The summed E-state index contributed by atoms with van der Waals surface area (Å²) in [5.41, 5.74) is 20.3. The molecule has 59 heavy (non-hydrogen) atoms. The minimum Gasteiger partial charge on any atom is -0.310 e. The van der Waals surface area contributed by atoms with Crippen molar-refractivity contribution in [3.05, 3.63) is 280 Å². The lowest BCUT2D eigenvalue weighted by atomic mass is 9.67. The van der Waals surface area contributed by atoms with E-state index in [1.165, 1.54) is 77.9 Å². The smallest absolute Gasteiger partial charge is 0.0714 e. The van der Waals surface area contributed by atoms with E-state index in [1.54, 1.807) is 0 Å². The van der Waals surface area contributed by atoms with Crippen LogP contribution in [0.3, 0.4) is 0 Å². The molecule has 2 atom stereocenters. The minimum atomic E-state index is -0.501. The van der Waals surface area contributed by atoms with Gasteiger partial charge in [-0.2, -0.15) is 0 Å². The van der Waals surface area contributed by atoms with Crippen molar-refractivity contribution < 1.29 is 0 Å². The first-order valence-corrected chi connectivity index (χ1v) is 20.7. The fourth-order valence-electron chi connectivity index (χ4n) is 10.4. The first-order chi connectivity index (χ1) is 29.1. The number of rotatable bonds is 7. The van der Waals surface area contributed by atoms with Crippen LogP contribution in [-0.4, -0.2) is 0 Å². The van der Waals surface area contributed by atoms with Gasteiger partial charge in [-0.05, 0) is 117 Å². The average molecular weight is 754 g/mol. The number of fused-ring (bicyclic) bond motifs is 6. The van der Waals surface area contributed by atoms with Crippen molar-refractivity contribution in [3.63, 3.8) is 0 Å². The summed E-state index contributed by atoms with van der Waals surface area (Å²) < 4.78 is 0. The highest BCUT2D eigenvalue weighted by molar-refractivity contribution is 5.92. The molecule has 0 radical (unpaired) electrons. The summed E-state index contributed by atoms with van der Waals surface area (Å²) in [5.74, 6) is 0. The maximum absolute atomic E-state index is 2.47. The molecule has 2 aliphatic rings. The number of benzene rings is 9. The summed E-state index contributed by atoms with van der Waals surface area (Å²) in [6.45, 7) is 4.34. The second kappa shape index (κ2) is 13.7. The van der Waals surface area contributed by atoms with Gasteiger partial charge >= 0.3 is 0 Å². The van der Waals surface area contributed by atoms with Crippen molar-refractivity contribution in [2.45, 2.75) is 24.7 Å². The predicted octanol–water partition coefficient (Wildman–Crippen LogP) is 14.5. The lowest BCUT2D eigenvalue weighted by Gasteiger charge is -2.35. The molecule has 11 rings (SSSR count). The molecule has 280 valence electrons. The number of hydrogen-bond donors (Lipinski definition) is 0. The van der Waals surface area contributed by atoms with Gasteiger partial charge in [0.15, 0.2) is 0 Å². The van der Waals surface area contributed by atoms with Crippen LogP contribution >= 0.6 is 0 Å². The van der Waals surface area contributed by atoms with Gasteiger partial charge in [0.2, 0.25) is 0 Å². The molecule has 0 heterocycles. The quantitative estimate of drug-likeness (QED) is 0.157. The molecular formula is C58H43N. The molecule has 0 spiro atoms. The third-order valence-corrected chi connectivity index (χ3v) is 13.0. The van der Waals surface area contributed by atoms with E-state index in [0.29, 0.717) is 0 Å². The van der Waals surface area contributed by atoms with Crippen molar-refractivity contribution in [1.29, 1.82) is 0 Å². The second-order valence-corrected chi connectivity index (χ2v) is 16.2. The summed E-state index contributed by atoms with van der Waals surface area (Å²) in [5, 5.41) is 0. The van der Waals surface area contributed by atoms with Gasteiger partial charge in [-0.15, -0.1) is 0 Å². The van der Waals surface area contributed by atoms with Crippen molar-refractivity contribution in [3.8, 4) is 22.3 Å². The van der Waals surface area contributed by atoms with Crippen LogP contribution in [0.15, 0.2) is 224 Å². The zero-order chi connectivity index (χ0) is 39.6. The standard InChI is InChI=1S/C58H43N/c1-40-26-30-44(31-27-40)57(42-16-6-3-7-17-42)54-25-15-13-23-50(54)52-38-47(35-37-55(52)57)59(46-20-10-5-11-21-46)48-34-36-51-49-22-12-14-24-53(49)58(56(51)39-48,43-18-8-4-9-19-43)45-32-28-41(2)29-33-45/h3-39H,1-2H3. The van der Waals surface area contributed by atoms with Crippen LogP contribution in [0.5, 0.6) is 0 Å². The second-order valence-electron chi connectivity index (χ2n) is 16.2. The summed E-state index contributed by atoms with van der Waals surface area (Å²) >= 11 is 0. The largest absolute Gasteiger partial charge is 0.310 e. The Morgan fingerprint density at radius 3 is 1.22 bits per heavy atom. The van der Waals surface area contributed by atoms with Crippen LogP contribution in [0.25, 0.3) is 22.3 Å². The topological polar surface area (TPSA) is 3.24 Å². The monoisotopic (exact) mass is 753 g/mol. The van der Waals surface area contributed by atoms with E-state index >= 15 is 0 Å². The Bertz CT molecular complexity index is 2990. The molecule has 0 aliphatic heterocycles. The predicted molar refractivity (Wildman–Crippen MR) is 245 cm³/mol. The van der Waals surface area contributed by atoms with Crippen LogP contribution in [-0.2, 0) is 10.8 Å². The molecule has 9 aromatic carbocycles. The van der Waals surface area contributed by atoms with Gasteiger partial charge in [0.05, 0.1) is 10.8 Å². The van der Waals surface area contributed by atoms with Gasteiger partial charge in [0.1, 0.15) is 0 Å². The Morgan fingerprint density at radius 2 is 0.661 bits per heavy atom. The zero-order valence-corrected chi connectivity index (χ0v) is 33.3. The molecule has 0 bridgehead atoms. The zero-order valence-electron chi connectivity index (χ0n) is 33.3. The Kier molecular flexibility index (Phi) is 8.13. The average Bonchev–Trinajstić information content (AvgIpc) is 3.76. The number of anilines is 3. The lowest BCUT2D eigenvalue weighted by molar-refractivity contribution is 0.767. The van der Waals surface area contributed by atoms with E-state index in [9.17, 15) is 0 Å². The van der Waals surface area contributed by atoms with Gasteiger partial charge in [0, 0.05) is 17.1 Å². The van der Waals surface area contributed by atoms with Crippen LogP contribution in [0.1, 0.15) is 55.6 Å². The summed E-state index contributed by atoms with van der Waals surface area (Å²) in [6, 6.07) is 83.7. The molecule has 2 unspecified atom stereocenters. The number of nitrogens with zero attached hydrogens (tertiary/aromatic N) is 1. The number of aryl methyl sites for hydroxylation is 2. The summed E-state index contributed by atoms with van der Waals surface area (Å²) in [6.07, 6.45) is 0. The van der Waals surface area contributed by atoms with E-state index in [2.05, 4.69) is 243 Å². The first-order valence-electron chi connectivity index (χ1n) is 20.7. The molecule has 0 saturated carbocycles. The highest BCUT2D eigenvalue weighted by Crippen LogP contribution is 2.59. The van der Waals surface area contributed by atoms with Crippen molar-refractivity contribution in [2.24, 2.45) is 0 Å². The molecule has 0 amide bonds. The molecule has 9 aromatic rings. The molecule has 2 aliphatic carbocycles. The van der Waals surface area contributed by atoms with Crippen LogP contribution in [0.2, 0.25) is 0 Å². The normalized spacial score (nSPS) is 17.1. The SMILES string of the molecule is Cc1ccc(C2(c3ccccc3)c3ccccc3-c3cc(N(c4ccccc4)c4ccc5c(c4)C(c4ccccc4)(c4ccc(C)cc4)c4ccccc4-5)ccc32)cc1. The molecule has 0 saturated heterocycles. The minimum absolute atomic E-state index is 0.459. The Morgan fingerprint density at radius 1 is 0.271 bits per heavy atom. The number of para-hydroxylation sites is 1. The van der Waals surface area contributed by atoms with Crippen molar-refractivity contribution in [2.75, 3.05) is 4.90 Å². The highest BCUT2D eigenvalue weighted by atomic mass is 15.1. The molecule has 0 fully saturated rings. The van der Waals surface area contributed by atoms with E-state index < -0.39 is 10.8 Å². The molecular weight excluding hydrogens is 711 g/mol. The fraction of sp³-hybridized carbons (Fsp3) is 0.0690. The molecule has 0 aromatic heterocycles. The Hall–Kier alpha value is -7.22. The maximum Gasteiger partial charge on any atom is 0.0714 e.